The lowest BCUT2D eigenvalue weighted by Crippen LogP contribution is -2.11. The van der Waals surface area contributed by atoms with Crippen LogP contribution in [-0.2, 0) is 0 Å². The second-order valence-electron chi connectivity index (χ2n) is 4.36. The van der Waals surface area contributed by atoms with Crippen molar-refractivity contribution in [1.29, 1.82) is 0 Å². The lowest BCUT2D eigenvalue weighted by atomic mass is 10.1. The minimum absolute atomic E-state index is 0.0801. The molecular weight excluding hydrogens is 305 g/mol. The summed E-state index contributed by atoms with van der Waals surface area (Å²) in [6, 6.07) is 6.90. The van der Waals surface area contributed by atoms with Crippen LogP contribution < -0.4 is 11.1 Å². The molecule has 1 atom stereocenters. The zero-order valence-corrected chi connectivity index (χ0v) is 12.1. The molecule has 0 fully saturated rings. The summed E-state index contributed by atoms with van der Waals surface area (Å²) in [5, 5.41) is 3.77. The Morgan fingerprint density at radius 3 is 2.50 bits per heavy atom. The predicted molar refractivity (Wildman–Crippen MR) is 79.3 cm³/mol. The van der Waals surface area contributed by atoms with E-state index >= 15 is 0 Å². The Morgan fingerprint density at radius 1 is 1.15 bits per heavy atom. The number of nitrogens with two attached hydrogens (primary N) is 1. The van der Waals surface area contributed by atoms with Crippen LogP contribution in [0.1, 0.15) is 18.5 Å². The first-order valence-corrected chi connectivity index (χ1v) is 6.60. The van der Waals surface area contributed by atoms with Gasteiger partial charge in [0.1, 0.15) is 0 Å². The van der Waals surface area contributed by atoms with Gasteiger partial charge in [-0.25, -0.2) is 8.78 Å². The van der Waals surface area contributed by atoms with E-state index in [4.69, 9.17) is 28.9 Å². The fourth-order valence-corrected chi connectivity index (χ4v) is 2.43. The molecule has 1 unspecified atom stereocenters. The molecule has 0 aliphatic heterocycles. The van der Waals surface area contributed by atoms with Gasteiger partial charge in [0, 0.05) is 10.0 Å². The normalized spacial score (nSPS) is 12.2. The summed E-state index contributed by atoms with van der Waals surface area (Å²) < 4.78 is 27.0. The number of hydrogen-bond donors (Lipinski definition) is 2. The molecule has 2 aromatic rings. The Kier molecular flexibility index (Phi) is 4.35. The fourth-order valence-electron chi connectivity index (χ4n) is 1.86. The van der Waals surface area contributed by atoms with Crippen LogP contribution in [0.3, 0.4) is 0 Å². The van der Waals surface area contributed by atoms with Gasteiger partial charge in [-0.1, -0.05) is 29.3 Å². The Labute approximate surface area is 125 Å². The van der Waals surface area contributed by atoms with E-state index in [0.717, 1.165) is 6.07 Å². The van der Waals surface area contributed by atoms with Crippen molar-refractivity contribution in [1.82, 2.24) is 0 Å². The van der Waals surface area contributed by atoms with E-state index in [0.29, 0.717) is 15.6 Å². The molecule has 0 radical (unpaired) electrons. The highest BCUT2D eigenvalue weighted by Gasteiger charge is 2.16. The van der Waals surface area contributed by atoms with Crippen LogP contribution in [0, 0.1) is 11.6 Å². The quantitative estimate of drug-likeness (QED) is 0.780. The number of anilines is 2. The molecule has 20 heavy (non-hydrogen) atoms. The van der Waals surface area contributed by atoms with Crippen LogP contribution in [0.25, 0.3) is 0 Å². The Bertz CT molecular complexity index is 647. The summed E-state index contributed by atoms with van der Waals surface area (Å²) in [5.74, 6) is -1.97. The zero-order valence-electron chi connectivity index (χ0n) is 10.6. The van der Waals surface area contributed by atoms with Gasteiger partial charge in [0.15, 0.2) is 11.6 Å². The third kappa shape index (κ3) is 2.97. The van der Waals surface area contributed by atoms with Gasteiger partial charge in [-0.15, -0.1) is 0 Å². The van der Waals surface area contributed by atoms with Crippen molar-refractivity contribution in [2.75, 3.05) is 11.1 Å². The number of nitrogen functional groups attached to an aromatic ring is 1. The van der Waals surface area contributed by atoms with Gasteiger partial charge in [0.25, 0.3) is 0 Å². The van der Waals surface area contributed by atoms with Crippen LogP contribution in [0.4, 0.5) is 20.2 Å². The summed E-state index contributed by atoms with van der Waals surface area (Å²) in [6.07, 6.45) is 0. The average molecular weight is 317 g/mol. The van der Waals surface area contributed by atoms with E-state index in [-0.39, 0.29) is 17.4 Å². The molecule has 2 nitrogen and oxygen atoms in total. The van der Waals surface area contributed by atoms with Crippen LogP contribution in [0.2, 0.25) is 10.0 Å². The summed E-state index contributed by atoms with van der Waals surface area (Å²) in [4.78, 5) is 0. The Hall–Kier alpha value is -1.52. The van der Waals surface area contributed by atoms with Gasteiger partial charge < -0.3 is 11.1 Å². The van der Waals surface area contributed by atoms with Crippen LogP contribution in [0.5, 0.6) is 0 Å². The topological polar surface area (TPSA) is 38.0 Å². The number of benzene rings is 2. The average Bonchev–Trinajstić information content (AvgIpc) is 2.39. The Morgan fingerprint density at radius 2 is 1.85 bits per heavy atom. The Balaban J connectivity index is 2.32. The van der Waals surface area contributed by atoms with Gasteiger partial charge in [-0.2, -0.15) is 0 Å². The molecule has 0 aromatic heterocycles. The van der Waals surface area contributed by atoms with Crippen molar-refractivity contribution in [2.45, 2.75) is 13.0 Å². The fraction of sp³-hybridized carbons (Fsp3) is 0.143. The maximum Gasteiger partial charge on any atom is 0.183 e. The number of hydrogen-bond acceptors (Lipinski definition) is 2. The molecule has 0 heterocycles. The van der Waals surface area contributed by atoms with E-state index < -0.39 is 11.6 Å². The SMILES string of the molecule is CC(Nc1c(N)ccc(F)c1F)c1ccc(Cl)cc1Cl. The second kappa shape index (κ2) is 5.85. The van der Waals surface area contributed by atoms with Crippen LogP contribution >= 0.6 is 23.2 Å². The largest absolute Gasteiger partial charge is 0.397 e. The monoisotopic (exact) mass is 316 g/mol. The number of halogens is 4. The summed E-state index contributed by atoms with van der Waals surface area (Å²) >= 11 is 11.9. The minimum atomic E-state index is -1.01. The van der Waals surface area contributed by atoms with Crippen molar-refractivity contribution >= 4 is 34.6 Å². The van der Waals surface area contributed by atoms with E-state index in [9.17, 15) is 8.78 Å². The molecule has 0 spiro atoms. The van der Waals surface area contributed by atoms with Crippen molar-refractivity contribution in [3.63, 3.8) is 0 Å². The van der Waals surface area contributed by atoms with Crippen LogP contribution in [-0.4, -0.2) is 0 Å². The highest BCUT2D eigenvalue weighted by atomic mass is 35.5. The molecule has 106 valence electrons. The van der Waals surface area contributed by atoms with E-state index in [1.807, 2.05) is 0 Å². The molecule has 0 aliphatic rings. The molecule has 3 N–H and O–H groups in total. The third-order valence-electron chi connectivity index (χ3n) is 2.92. The van der Waals surface area contributed by atoms with Crippen molar-refractivity contribution < 1.29 is 8.78 Å². The standard InChI is InChI=1S/C14H12Cl2F2N2/c1-7(9-3-2-8(15)6-10(9)16)20-14-12(19)5-4-11(17)13(14)18/h2-7,20H,19H2,1H3. The van der Waals surface area contributed by atoms with E-state index in [2.05, 4.69) is 5.32 Å². The van der Waals surface area contributed by atoms with Gasteiger partial charge >= 0.3 is 0 Å². The lowest BCUT2D eigenvalue weighted by Gasteiger charge is -2.19. The summed E-state index contributed by atoms with van der Waals surface area (Å²) in [7, 11) is 0. The minimum Gasteiger partial charge on any atom is -0.397 e. The molecular formula is C14H12Cl2F2N2. The maximum atomic E-state index is 13.7. The van der Waals surface area contributed by atoms with Gasteiger partial charge in [0.05, 0.1) is 17.4 Å². The molecule has 0 amide bonds. The first-order valence-electron chi connectivity index (χ1n) is 5.85. The van der Waals surface area contributed by atoms with Crippen molar-refractivity contribution in [3.8, 4) is 0 Å². The third-order valence-corrected chi connectivity index (χ3v) is 3.48. The highest BCUT2D eigenvalue weighted by Crippen LogP contribution is 2.32. The molecule has 6 heteroatoms. The van der Waals surface area contributed by atoms with Crippen molar-refractivity contribution in [3.05, 3.63) is 57.6 Å². The molecule has 0 saturated heterocycles. The van der Waals surface area contributed by atoms with Gasteiger partial charge in [-0.05, 0) is 36.8 Å². The zero-order chi connectivity index (χ0) is 14.9. The maximum absolute atomic E-state index is 13.7. The summed E-state index contributed by atoms with van der Waals surface area (Å²) in [5.41, 5.74) is 6.41. The first-order chi connectivity index (χ1) is 9.40. The lowest BCUT2D eigenvalue weighted by molar-refractivity contribution is 0.510. The molecule has 2 aromatic carbocycles. The van der Waals surface area contributed by atoms with E-state index in [1.54, 1.807) is 25.1 Å². The van der Waals surface area contributed by atoms with Gasteiger partial charge in [-0.3, -0.25) is 0 Å². The number of rotatable bonds is 3. The molecule has 0 aliphatic carbocycles. The second-order valence-corrected chi connectivity index (χ2v) is 5.20. The summed E-state index contributed by atoms with van der Waals surface area (Å²) in [6.45, 7) is 1.76. The first kappa shape index (κ1) is 14.9. The van der Waals surface area contributed by atoms with E-state index in [1.165, 1.54) is 6.07 Å². The number of nitrogens with one attached hydrogen (secondary N) is 1. The van der Waals surface area contributed by atoms with Gasteiger partial charge in [0.2, 0.25) is 0 Å². The molecule has 0 bridgehead atoms. The molecule has 2 rings (SSSR count). The predicted octanol–water partition coefficient (Wildman–Crippen LogP) is 5.03. The highest BCUT2D eigenvalue weighted by molar-refractivity contribution is 6.35. The molecule has 0 saturated carbocycles. The smallest absolute Gasteiger partial charge is 0.183 e. The van der Waals surface area contributed by atoms with Crippen molar-refractivity contribution in [2.24, 2.45) is 0 Å². The van der Waals surface area contributed by atoms with Crippen LogP contribution in [0.15, 0.2) is 30.3 Å².